The lowest BCUT2D eigenvalue weighted by Crippen LogP contribution is -2.42. The van der Waals surface area contributed by atoms with Gasteiger partial charge in [0, 0.05) is 23.6 Å². The molecule has 0 spiro atoms. The summed E-state index contributed by atoms with van der Waals surface area (Å²) >= 11 is 0. The Hall–Kier alpha value is -1.49. The third kappa shape index (κ3) is 5.34. The molecule has 0 radical (unpaired) electrons. The molecule has 0 aromatic heterocycles. The van der Waals surface area contributed by atoms with Gasteiger partial charge in [0.05, 0.1) is 0 Å². The van der Waals surface area contributed by atoms with Crippen LogP contribution in [-0.2, 0) is 11.2 Å². The molecule has 19 heavy (non-hydrogen) atoms. The number of benzene rings is 1. The van der Waals surface area contributed by atoms with Crippen LogP contribution in [0.25, 0.3) is 0 Å². The highest BCUT2D eigenvalue weighted by atomic mass is 19.1. The first-order valence-corrected chi connectivity index (χ1v) is 6.20. The minimum atomic E-state index is -0.604. The van der Waals surface area contributed by atoms with Crippen molar-refractivity contribution >= 4 is 5.91 Å². The Labute approximate surface area is 112 Å². The van der Waals surface area contributed by atoms with Crippen molar-refractivity contribution in [3.05, 3.63) is 35.4 Å². The number of nitrogens with two attached hydrogens (primary N) is 1. The van der Waals surface area contributed by atoms with E-state index in [-0.39, 0.29) is 30.4 Å². The largest absolute Gasteiger partial charge is 0.353 e. The number of amides is 1. The van der Waals surface area contributed by atoms with E-state index in [9.17, 15) is 13.6 Å². The average Bonchev–Trinajstić information content (AvgIpc) is 2.20. The van der Waals surface area contributed by atoms with Crippen molar-refractivity contribution in [2.24, 2.45) is 5.73 Å². The van der Waals surface area contributed by atoms with Crippen molar-refractivity contribution in [2.75, 3.05) is 0 Å². The van der Waals surface area contributed by atoms with Crippen LogP contribution < -0.4 is 11.1 Å². The lowest BCUT2D eigenvalue weighted by atomic mass is 10.0. The van der Waals surface area contributed by atoms with Crippen LogP contribution in [0.1, 0.15) is 32.8 Å². The van der Waals surface area contributed by atoms with E-state index in [0.717, 1.165) is 0 Å². The minimum absolute atomic E-state index is 0.0118. The van der Waals surface area contributed by atoms with E-state index in [1.807, 2.05) is 0 Å². The van der Waals surface area contributed by atoms with Crippen LogP contribution in [0.15, 0.2) is 18.2 Å². The van der Waals surface area contributed by atoms with Gasteiger partial charge in [0.25, 0.3) is 0 Å². The molecule has 0 aliphatic heterocycles. The summed E-state index contributed by atoms with van der Waals surface area (Å²) in [5, 5.41) is 2.69. The predicted octanol–water partition coefficient (Wildman–Crippen LogP) is 2.14. The SMILES string of the molecule is CC(Cc1c(F)cccc1F)NC(=O)CC(C)(C)N. The summed E-state index contributed by atoms with van der Waals surface area (Å²) in [5.41, 5.74) is 5.12. The fraction of sp³-hybridized carbons (Fsp3) is 0.500. The highest BCUT2D eigenvalue weighted by Gasteiger charge is 2.19. The molecule has 5 heteroatoms. The summed E-state index contributed by atoms with van der Waals surface area (Å²) in [4.78, 5) is 11.7. The van der Waals surface area contributed by atoms with E-state index in [1.165, 1.54) is 18.2 Å². The molecule has 0 aliphatic rings. The van der Waals surface area contributed by atoms with Gasteiger partial charge >= 0.3 is 0 Å². The number of nitrogens with one attached hydrogen (secondary N) is 1. The van der Waals surface area contributed by atoms with Gasteiger partial charge in [-0.2, -0.15) is 0 Å². The predicted molar refractivity (Wildman–Crippen MR) is 70.6 cm³/mol. The average molecular weight is 270 g/mol. The zero-order valence-electron chi connectivity index (χ0n) is 11.5. The van der Waals surface area contributed by atoms with Gasteiger partial charge in [0.15, 0.2) is 0 Å². The van der Waals surface area contributed by atoms with Gasteiger partial charge in [0.1, 0.15) is 11.6 Å². The van der Waals surface area contributed by atoms with Gasteiger partial charge in [0.2, 0.25) is 5.91 Å². The lowest BCUT2D eigenvalue weighted by molar-refractivity contribution is -0.122. The number of rotatable bonds is 5. The summed E-state index contributed by atoms with van der Waals surface area (Å²) in [6.45, 7) is 5.19. The molecule has 1 aromatic rings. The highest BCUT2D eigenvalue weighted by molar-refractivity contribution is 5.77. The van der Waals surface area contributed by atoms with Crippen LogP contribution >= 0.6 is 0 Å². The third-order valence-electron chi connectivity index (χ3n) is 2.60. The normalized spacial score (nSPS) is 13.2. The zero-order chi connectivity index (χ0) is 14.6. The van der Waals surface area contributed by atoms with Gasteiger partial charge in [-0.15, -0.1) is 0 Å². The quantitative estimate of drug-likeness (QED) is 0.861. The Morgan fingerprint density at radius 3 is 2.37 bits per heavy atom. The molecule has 1 unspecified atom stereocenters. The minimum Gasteiger partial charge on any atom is -0.353 e. The Balaban J connectivity index is 2.61. The number of hydrogen-bond donors (Lipinski definition) is 2. The van der Waals surface area contributed by atoms with Crippen LogP contribution in [0.5, 0.6) is 0 Å². The molecule has 0 bridgehead atoms. The van der Waals surface area contributed by atoms with Crippen molar-refractivity contribution in [3.8, 4) is 0 Å². The molecule has 0 fully saturated rings. The molecule has 1 atom stereocenters. The van der Waals surface area contributed by atoms with E-state index >= 15 is 0 Å². The Morgan fingerprint density at radius 1 is 1.37 bits per heavy atom. The zero-order valence-corrected chi connectivity index (χ0v) is 11.5. The van der Waals surface area contributed by atoms with E-state index in [0.29, 0.717) is 0 Å². The standard InChI is InChI=1S/C14H20F2N2O/c1-9(18-13(19)8-14(2,3)17)7-10-11(15)5-4-6-12(10)16/h4-6,9H,7-8,17H2,1-3H3,(H,18,19). The molecule has 3 nitrogen and oxygen atoms in total. The van der Waals surface area contributed by atoms with E-state index < -0.39 is 17.2 Å². The van der Waals surface area contributed by atoms with Gasteiger partial charge in [-0.05, 0) is 39.3 Å². The van der Waals surface area contributed by atoms with Gasteiger partial charge in [-0.3, -0.25) is 4.79 Å². The van der Waals surface area contributed by atoms with Crippen LogP contribution in [0.2, 0.25) is 0 Å². The van der Waals surface area contributed by atoms with Crippen molar-refractivity contribution in [1.82, 2.24) is 5.32 Å². The molecule has 0 saturated heterocycles. The van der Waals surface area contributed by atoms with Gasteiger partial charge in [-0.25, -0.2) is 8.78 Å². The van der Waals surface area contributed by atoms with Crippen LogP contribution in [-0.4, -0.2) is 17.5 Å². The van der Waals surface area contributed by atoms with Gasteiger partial charge in [-0.1, -0.05) is 6.07 Å². The summed E-state index contributed by atoms with van der Waals surface area (Å²) in [6.07, 6.45) is 0.270. The molecule has 1 rings (SSSR count). The van der Waals surface area contributed by atoms with E-state index in [2.05, 4.69) is 5.32 Å². The lowest BCUT2D eigenvalue weighted by Gasteiger charge is -2.20. The summed E-state index contributed by atoms with van der Waals surface area (Å²) in [6, 6.07) is 3.36. The monoisotopic (exact) mass is 270 g/mol. The Bertz CT molecular complexity index is 435. The molecular weight excluding hydrogens is 250 g/mol. The number of carbonyl (C=O) groups is 1. The fourth-order valence-corrected chi connectivity index (χ4v) is 1.82. The third-order valence-corrected chi connectivity index (χ3v) is 2.60. The maximum Gasteiger partial charge on any atom is 0.222 e. The molecule has 0 saturated carbocycles. The molecule has 0 heterocycles. The van der Waals surface area contributed by atoms with Crippen molar-refractivity contribution < 1.29 is 13.6 Å². The van der Waals surface area contributed by atoms with Crippen molar-refractivity contribution in [3.63, 3.8) is 0 Å². The Kier molecular flexibility index (Phi) is 5.00. The first-order chi connectivity index (χ1) is 8.69. The summed E-state index contributed by atoms with van der Waals surface area (Å²) < 4.78 is 26.9. The number of halogens is 2. The van der Waals surface area contributed by atoms with Crippen molar-refractivity contribution in [1.29, 1.82) is 0 Å². The summed E-state index contributed by atoms with van der Waals surface area (Å²) in [5.74, 6) is -1.42. The van der Waals surface area contributed by atoms with Gasteiger partial charge < -0.3 is 11.1 Å². The highest BCUT2D eigenvalue weighted by Crippen LogP contribution is 2.14. The number of hydrogen-bond acceptors (Lipinski definition) is 2. The molecule has 3 N–H and O–H groups in total. The smallest absolute Gasteiger partial charge is 0.222 e. The van der Waals surface area contributed by atoms with E-state index in [1.54, 1.807) is 20.8 Å². The molecule has 1 aromatic carbocycles. The maximum absolute atomic E-state index is 13.4. The van der Waals surface area contributed by atoms with Crippen LogP contribution in [0.4, 0.5) is 8.78 Å². The number of carbonyl (C=O) groups excluding carboxylic acids is 1. The van der Waals surface area contributed by atoms with Crippen LogP contribution in [0, 0.1) is 11.6 Å². The maximum atomic E-state index is 13.4. The van der Waals surface area contributed by atoms with E-state index in [4.69, 9.17) is 5.73 Å². The second-order valence-corrected chi connectivity index (χ2v) is 5.54. The first kappa shape index (κ1) is 15.6. The van der Waals surface area contributed by atoms with Crippen molar-refractivity contribution in [2.45, 2.75) is 45.2 Å². The summed E-state index contributed by atoms with van der Waals surface area (Å²) in [7, 11) is 0. The molecular formula is C14H20F2N2O. The topological polar surface area (TPSA) is 55.1 Å². The Morgan fingerprint density at radius 2 is 1.89 bits per heavy atom. The molecule has 0 aliphatic carbocycles. The molecule has 106 valence electrons. The second-order valence-electron chi connectivity index (χ2n) is 5.54. The molecule has 1 amide bonds. The first-order valence-electron chi connectivity index (χ1n) is 6.20. The van der Waals surface area contributed by atoms with Crippen LogP contribution in [0.3, 0.4) is 0 Å². The fourth-order valence-electron chi connectivity index (χ4n) is 1.82. The second kappa shape index (κ2) is 6.10.